The molecule has 0 aliphatic carbocycles. The van der Waals surface area contributed by atoms with Gasteiger partial charge in [0.15, 0.2) is 0 Å². The molecule has 0 aliphatic heterocycles. The molecule has 0 saturated carbocycles. The summed E-state index contributed by atoms with van der Waals surface area (Å²) < 4.78 is 13.9. The highest BCUT2D eigenvalue weighted by molar-refractivity contribution is 5.92. The fourth-order valence-electron chi connectivity index (χ4n) is 2.34. The van der Waals surface area contributed by atoms with E-state index in [0.717, 1.165) is 29.7 Å². The maximum atomic E-state index is 13.9. The molecule has 0 radical (unpaired) electrons. The smallest absolute Gasteiger partial charge is 0.216 e. The molecule has 1 N–H and O–H groups in total. The van der Waals surface area contributed by atoms with Gasteiger partial charge in [-0.15, -0.1) is 0 Å². The van der Waals surface area contributed by atoms with E-state index in [9.17, 15) is 9.18 Å². The van der Waals surface area contributed by atoms with Gasteiger partial charge in [-0.3, -0.25) is 4.79 Å². The lowest BCUT2D eigenvalue weighted by Crippen LogP contribution is -2.26. The number of halogens is 1. The van der Waals surface area contributed by atoms with Crippen LogP contribution in [0.3, 0.4) is 0 Å². The first-order valence-corrected chi connectivity index (χ1v) is 7.00. The molecule has 1 heterocycles. The van der Waals surface area contributed by atoms with Gasteiger partial charge in [-0.1, -0.05) is 12.1 Å². The zero-order chi connectivity index (χ0) is 15.4. The van der Waals surface area contributed by atoms with Crippen LogP contribution in [0.1, 0.15) is 19.0 Å². The molecule has 0 saturated heterocycles. The van der Waals surface area contributed by atoms with Crippen LogP contribution < -0.4 is 10.2 Å². The Morgan fingerprint density at radius 1 is 1.43 bits per heavy atom. The van der Waals surface area contributed by atoms with Gasteiger partial charge < -0.3 is 10.2 Å². The predicted octanol–water partition coefficient (Wildman–Crippen LogP) is 2.64. The van der Waals surface area contributed by atoms with Gasteiger partial charge in [0.05, 0.1) is 0 Å². The van der Waals surface area contributed by atoms with E-state index in [1.165, 1.54) is 13.0 Å². The van der Waals surface area contributed by atoms with Crippen molar-refractivity contribution < 1.29 is 9.18 Å². The van der Waals surface area contributed by atoms with Crippen molar-refractivity contribution in [1.29, 1.82) is 0 Å². The highest BCUT2D eigenvalue weighted by Gasteiger charge is 2.11. The Morgan fingerprint density at radius 3 is 2.90 bits per heavy atom. The molecule has 1 aromatic heterocycles. The summed E-state index contributed by atoms with van der Waals surface area (Å²) >= 11 is 0. The average Bonchev–Trinajstić information content (AvgIpc) is 2.43. The Bertz CT molecular complexity index is 657. The molecule has 4 nitrogen and oxygen atoms in total. The lowest BCUT2D eigenvalue weighted by Gasteiger charge is -2.21. The van der Waals surface area contributed by atoms with Gasteiger partial charge in [-0.05, 0) is 25.5 Å². The van der Waals surface area contributed by atoms with Crippen LogP contribution in [0.2, 0.25) is 0 Å². The monoisotopic (exact) mass is 289 g/mol. The van der Waals surface area contributed by atoms with E-state index in [4.69, 9.17) is 0 Å². The van der Waals surface area contributed by atoms with Gasteiger partial charge in [0.25, 0.3) is 0 Å². The number of anilines is 1. The number of hydrogen-bond acceptors (Lipinski definition) is 3. The number of amides is 1. The molecular formula is C16H20FN3O. The van der Waals surface area contributed by atoms with Crippen LogP contribution in [0.15, 0.2) is 24.3 Å². The van der Waals surface area contributed by atoms with Crippen LogP contribution in [-0.2, 0) is 4.79 Å². The lowest BCUT2D eigenvalue weighted by molar-refractivity contribution is -0.118. The van der Waals surface area contributed by atoms with Crippen molar-refractivity contribution in [2.75, 3.05) is 25.0 Å². The van der Waals surface area contributed by atoms with Crippen molar-refractivity contribution in [3.63, 3.8) is 0 Å². The maximum Gasteiger partial charge on any atom is 0.216 e. The number of carbonyl (C=O) groups is 1. The van der Waals surface area contributed by atoms with E-state index in [0.29, 0.717) is 12.1 Å². The summed E-state index contributed by atoms with van der Waals surface area (Å²) in [5.41, 5.74) is 2.15. The second-order valence-corrected chi connectivity index (χ2v) is 5.18. The molecule has 0 atom stereocenters. The first kappa shape index (κ1) is 15.2. The molecule has 0 unspecified atom stereocenters. The molecule has 0 aliphatic rings. The second-order valence-electron chi connectivity index (χ2n) is 5.18. The Morgan fingerprint density at radius 2 is 2.19 bits per heavy atom. The minimum absolute atomic E-state index is 0.0232. The third-order valence-corrected chi connectivity index (χ3v) is 3.35. The molecule has 5 heteroatoms. The fourth-order valence-corrected chi connectivity index (χ4v) is 2.34. The molecule has 0 spiro atoms. The van der Waals surface area contributed by atoms with E-state index in [2.05, 4.69) is 15.2 Å². The largest absolute Gasteiger partial charge is 0.374 e. The summed E-state index contributed by atoms with van der Waals surface area (Å²) in [5.74, 6) is -0.325. The molecular weight excluding hydrogens is 269 g/mol. The van der Waals surface area contributed by atoms with Crippen LogP contribution >= 0.6 is 0 Å². The van der Waals surface area contributed by atoms with Crippen LogP contribution in [0, 0.1) is 12.7 Å². The maximum absolute atomic E-state index is 13.9. The number of nitrogens with one attached hydrogen (secondary N) is 1. The van der Waals surface area contributed by atoms with Crippen molar-refractivity contribution in [3.05, 3.63) is 35.8 Å². The van der Waals surface area contributed by atoms with Gasteiger partial charge in [0.1, 0.15) is 11.3 Å². The summed E-state index contributed by atoms with van der Waals surface area (Å²) in [6.07, 6.45) is 0.828. The second kappa shape index (κ2) is 6.52. The molecule has 0 fully saturated rings. The average molecular weight is 289 g/mol. The van der Waals surface area contributed by atoms with Gasteiger partial charge >= 0.3 is 0 Å². The van der Waals surface area contributed by atoms with E-state index in [-0.39, 0.29) is 11.7 Å². The summed E-state index contributed by atoms with van der Waals surface area (Å²) in [7, 11) is 1.97. The Kier molecular flexibility index (Phi) is 4.73. The van der Waals surface area contributed by atoms with Crippen molar-refractivity contribution in [2.45, 2.75) is 20.3 Å². The number of hydrogen-bond donors (Lipinski definition) is 1. The van der Waals surface area contributed by atoms with Gasteiger partial charge in [0, 0.05) is 43.8 Å². The molecule has 2 rings (SSSR count). The Hall–Kier alpha value is -2.17. The number of pyridine rings is 1. The van der Waals surface area contributed by atoms with E-state index in [1.54, 1.807) is 6.07 Å². The van der Waals surface area contributed by atoms with Crippen LogP contribution in [0.5, 0.6) is 0 Å². The number of benzene rings is 1. The Balaban J connectivity index is 2.20. The number of aryl methyl sites for hydroxylation is 1. The normalized spacial score (nSPS) is 10.7. The van der Waals surface area contributed by atoms with Crippen LogP contribution in [0.4, 0.5) is 10.1 Å². The number of rotatable bonds is 5. The quantitative estimate of drug-likeness (QED) is 0.861. The minimum Gasteiger partial charge on any atom is -0.374 e. The molecule has 0 bridgehead atoms. The molecule has 1 aromatic carbocycles. The van der Waals surface area contributed by atoms with E-state index in [1.807, 2.05) is 26.1 Å². The summed E-state index contributed by atoms with van der Waals surface area (Å²) in [5, 5.41) is 3.58. The van der Waals surface area contributed by atoms with Crippen LogP contribution in [-0.4, -0.2) is 31.0 Å². The SMILES string of the molecule is CC(=O)NCCCN(C)c1cc(C)nc2c(F)cccc12. The predicted molar refractivity (Wildman–Crippen MR) is 83.0 cm³/mol. The Labute approximate surface area is 124 Å². The minimum atomic E-state index is -0.302. The zero-order valence-corrected chi connectivity index (χ0v) is 12.6. The summed E-state index contributed by atoms with van der Waals surface area (Å²) in [6, 6.07) is 6.96. The van der Waals surface area contributed by atoms with Crippen molar-refractivity contribution in [2.24, 2.45) is 0 Å². The number of para-hydroxylation sites is 1. The fraction of sp³-hybridized carbons (Fsp3) is 0.375. The topological polar surface area (TPSA) is 45.2 Å². The third-order valence-electron chi connectivity index (χ3n) is 3.35. The standard InChI is InChI=1S/C16H20FN3O/c1-11-10-15(20(3)9-5-8-18-12(2)21)13-6-4-7-14(17)16(13)19-11/h4,6-7,10H,5,8-9H2,1-3H3,(H,18,21). The van der Waals surface area contributed by atoms with Crippen molar-refractivity contribution in [3.8, 4) is 0 Å². The summed E-state index contributed by atoms with van der Waals surface area (Å²) in [4.78, 5) is 17.2. The molecule has 21 heavy (non-hydrogen) atoms. The third kappa shape index (κ3) is 3.68. The van der Waals surface area contributed by atoms with E-state index >= 15 is 0 Å². The van der Waals surface area contributed by atoms with Gasteiger partial charge in [0.2, 0.25) is 5.91 Å². The molecule has 2 aromatic rings. The number of aromatic nitrogens is 1. The highest BCUT2D eigenvalue weighted by atomic mass is 19.1. The van der Waals surface area contributed by atoms with Crippen LogP contribution in [0.25, 0.3) is 10.9 Å². The molecule has 112 valence electrons. The number of carbonyl (C=O) groups excluding carboxylic acids is 1. The highest BCUT2D eigenvalue weighted by Crippen LogP contribution is 2.27. The van der Waals surface area contributed by atoms with Gasteiger partial charge in [-0.25, -0.2) is 9.37 Å². The van der Waals surface area contributed by atoms with Crippen molar-refractivity contribution in [1.82, 2.24) is 10.3 Å². The van der Waals surface area contributed by atoms with E-state index < -0.39 is 0 Å². The number of fused-ring (bicyclic) bond motifs is 1. The van der Waals surface area contributed by atoms with Crippen molar-refractivity contribution >= 4 is 22.5 Å². The lowest BCUT2D eigenvalue weighted by atomic mass is 10.1. The first-order valence-electron chi connectivity index (χ1n) is 7.00. The van der Waals surface area contributed by atoms with Gasteiger partial charge in [-0.2, -0.15) is 0 Å². The first-order chi connectivity index (χ1) is 9.99. The molecule has 1 amide bonds. The number of nitrogens with zero attached hydrogens (tertiary/aromatic N) is 2. The zero-order valence-electron chi connectivity index (χ0n) is 12.6. The summed E-state index contributed by atoms with van der Waals surface area (Å²) in [6.45, 7) is 4.78.